The highest BCUT2D eigenvalue weighted by Gasteiger charge is 2.25. The minimum Gasteiger partial charge on any atom is -0.468 e. The van der Waals surface area contributed by atoms with Gasteiger partial charge in [-0.15, -0.1) is 0 Å². The molecule has 3 rings (SSSR count). The van der Waals surface area contributed by atoms with Gasteiger partial charge in [0.15, 0.2) is 0 Å². The quantitative estimate of drug-likeness (QED) is 0.795. The summed E-state index contributed by atoms with van der Waals surface area (Å²) in [4.78, 5) is 25.6. The molecule has 138 valence electrons. The molecular weight excluding hydrogens is 358 g/mol. The number of hydrogen-bond acceptors (Lipinski definition) is 5. The minimum absolute atomic E-state index is 0.0127. The minimum atomic E-state index is -3.81. The molecule has 1 fully saturated rings. The molecule has 0 spiro atoms. The standard InChI is InChI=1S/C17H19N3O5S/c1-12-4-5-14(26(23,24)19-10-13-3-2-8-25-13)9-15(12)17(22)20-7-6-18-16(21)11-20/h2-5,8-9,19H,6-7,10-11H2,1H3,(H,18,21). The molecule has 0 saturated carbocycles. The maximum atomic E-state index is 12.7. The van der Waals surface area contributed by atoms with Gasteiger partial charge in [0.2, 0.25) is 15.9 Å². The Morgan fingerprint density at radius 1 is 1.35 bits per heavy atom. The van der Waals surface area contributed by atoms with Crippen LogP contribution in [0, 0.1) is 6.92 Å². The van der Waals surface area contributed by atoms with Gasteiger partial charge in [-0.1, -0.05) is 6.07 Å². The fourth-order valence-electron chi connectivity index (χ4n) is 2.64. The number of furan rings is 1. The van der Waals surface area contributed by atoms with Crippen molar-refractivity contribution in [2.45, 2.75) is 18.4 Å². The van der Waals surface area contributed by atoms with Crippen LogP contribution in [0.2, 0.25) is 0 Å². The smallest absolute Gasteiger partial charge is 0.254 e. The topological polar surface area (TPSA) is 109 Å². The summed E-state index contributed by atoms with van der Waals surface area (Å²) < 4.78 is 32.5. The number of aryl methyl sites for hydroxylation is 1. The molecule has 2 N–H and O–H groups in total. The Bertz CT molecular complexity index is 922. The maximum absolute atomic E-state index is 12.7. The van der Waals surface area contributed by atoms with Crippen LogP contribution in [0.4, 0.5) is 0 Å². The summed E-state index contributed by atoms with van der Waals surface area (Å²) in [6.45, 7) is 2.47. The van der Waals surface area contributed by atoms with Crippen LogP contribution in [0.1, 0.15) is 21.7 Å². The molecule has 2 aromatic rings. The lowest BCUT2D eigenvalue weighted by molar-refractivity contribution is -0.123. The van der Waals surface area contributed by atoms with E-state index in [9.17, 15) is 18.0 Å². The summed E-state index contributed by atoms with van der Waals surface area (Å²) >= 11 is 0. The predicted molar refractivity (Wildman–Crippen MR) is 92.8 cm³/mol. The van der Waals surface area contributed by atoms with Crippen LogP contribution >= 0.6 is 0 Å². The lowest BCUT2D eigenvalue weighted by atomic mass is 10.1. The van der Waals surface area contributed by atoms with Crippen molar-refractivity contribution in [3.05, 3.63) is 53.5 Å². The first kappa shape index (κ1) is 18.2. The predicted octanol–water partition coefficient (Wildman–Crippen LogP) is 0.639. The lowest BCUT2D eigenvalue weighted by Gasteiger charge is -2.27. The molecule has 1 aliphatic rings. The molecule has 0 aliphatic carbocycles. The van der Waals surface area contributed by atoms with Gasteiger partial charge >= 0.3 is 0 Å². The molecule has 0 radical (unpaired) electrons. The molecule has 1 aliphatic heterocycles. The van der Waals surface area contributed by atoms with Crippen molar-refractivity contribution in [3.63, 3.8) is 0 Å². The molecule has 26 heavy (non-hydrogen) atoms. The molecule has 0 unspecified atom stereocenters. The molecular formula is C17H19N3O5S. The van der Waals surface area contributed by atoms with Crippen LogP contribution in [0.15, 0.2) is 45.9 Å². The Balaban J connectivity index is 1.82. The zero-order valence-electron chi connectivity index (χ0n) is 14.2. The average Bonchev–Trinajstić information content (AvgIpc) is 3.13. The zero-order chi connectivity index (χ0) is 18.7. The third-order valence-electron chi connectivity index (χ3n) is 4.09. The fourth-order valence-corrected chi connectivity index (χ4v) is 3.66. The van der Waals surface area contributed by atoms with E-state index in [1.807, 2.05) is 0 Å². The highest BCUT2D eigenvalue weighted by molar-refractivity contribution is 7.89. The van der Waals surface area contributed by atoms with Crippen molar-refractivity contribution in [1.82, 2.24) is 14.9 Å². The molecule has 2 amide bonds. The summed E-state index contributed by atoms with van der Waals surface area (Å²) in [5.74, 6) is -0.108. The Morgan fingerprint density at radius 3 is 2.85 bits per heavy atom. The summed E-state index contributed by atoms with van der Waals surface area (Å²) in [6, 6.07) is 7.70. The van der Waals surface area contributed by atoms with E-state index in [0.29, 0.717) is 24.4 Å². The van der Waals surface area contributed by atoms with Crippen LogP contribution < -0.4 is 10.0 Å². The number of piperazine rings is 1. The summed E-state index contributed by atoms with van der Waals surface area (Å²) in [5, 5.41) is 2.65. The molecule has 1 aromatic carbocycles. The van der Waals surface area contributed by atoms with Crippen LogP contribution in [0.25, 0.3) is 0 Å². The van der Waals surface area contributed by atoms with Gasteiger partial charge < -0.3 is 14.6 Å². The van der Waals surface area contributed by atoms with Crippen molar-refractivity contribution < 1.29 is 22.4 Å². The molecule has 1 aromatic heterocycles. The van der Waals surface area contributed by atoms with E-state index >= 15 is 0 Å². The van der Waals surface area contributed by atoms with E-state index in [-0.39, 0.29) is 35.4 Å². The molecule has 1 saturated heterocycles. The van der Waals surface area contributed by atoms with Gasteiger partial charge in [0.1, 0.15) is 5.76 Å². The third kappa shape index (κ3) is 3.94. The second kappa shape index (κ2) is 7.30. The van der Waals surface area contributed by atoms with Gasteiger partial charge in [0.25, 0.3) is 5.91 Å². The first-order valence-corrected chi connectivity index (χ1v) is 9.54. The van der Waals surface area contributed by atoms with E-state index in [0.717, 1.165) is 0 Å². The van der Waals surface area contributed by atoms with E-state index in [1.54, 1.807) is 25.1 Å². The number of nitrogens with zero attached hydrogens (tertiary/aromatic N) is 1. The zero-order valence-corrected chi connectivity index (χ0v) is 15.0. The second-order valence-corrected chi connectivity index (χ2v) is 7.72. The maximum Gasteiger partial charge on any atom is 0.254 e. The van der Waals surface area contributed by atoms with Crippen molar-refractivity contribution in [2.24, 2.45) is 0 Å². The number of carbonyl (C=O) groups excluding carboxylic acids is 2. The lowest BCUT2D eigenvalue weighted by Crippen LogP contribution is -2.50. The van der Waals surface area contributed by atoms with Crippen molar-refractivity contribution in [2.75, 3.05) is 19.6 Å². The monoisotopic (exact) mass is 377 g/mol. The SMILES string of the molecule is Cc1ccc(S(=O)(=O)NCc2ccco2)cc1C(=O)N1CCNC(=O)C1. The summed E-state index contributed by atoms with van der Waals surface area (Å²) in [5.41, 5.74) is 0.909. The molecule has 0 bridgehead atoms. The largest absolute Gasteiger partial charge is 0.468 e. The van der Waals surface area contributed by atoms with Crippen molar-refractivity contribution >= 4 is 21.8 Å². The Labute approximate surface area is 151 Å². The number of amides is 2. The van der Waals surface area contributed by atoms with Gasteiger partial charge in [-0.05, 0) is 36.8 Å². The van der Waals surface area contributed by atoms with Gasteiger partial charge in [0.05, 0.1) is 24.2 Å². The van der Waals surface area contributed by atoms with Crippen LogP contribution in [0.3, 0.4) is 0 Å². The Kier molecular flexibility index (Phi) is 5.10. The van der Waals surface area contributed by atoms with E-state index in [2.05, 4.69) is 10.0 Å². The van der Waals surface area contributed by atoms with E-state index < -0.39 is 10.0 Å². The molecule has 9 heteroatoms. The highest BCUT2D eigenvalue weighted by atomic mass is 32.2. The van der Waals surface area contributed by atoms with Gasteiger partial charge in [-0.25, -0.2) is 13.1 Å². The number of nitrogens with one attached hydrogen (secondary N) is 2. The normalized spacial score (nSPS) is 15.0. The van der Waals surface area contributed by atoms with Crippen molar-refractivity contribution in [1.29, 1.82) is 0 Å². The molecule has 8 nitrogen and oxygen atoms in total. The third-order valence-corrected chi connectivity index (χ3v) is 5.49. The molecule has 0 atom stereocenters. The number of rotatable bonds is 5. The number of hydrogen-bond donors (Lipinski definition) is 2. The van der Waals surface area contributed by atoms with Crippen LogP contribution in [0.5, 0.6) is 0 Å². The van der Waals surface area contributed by atoms with Gasteiger partial charge in [-0.3, -0.25) is 9.59 Å². The van der Waals surface area contributed by atoms with E-state index in [1.165, 1.54) is 23.3 Å². The Hall–Kier alpha value is -2.65. The van der Waals surface area contributed by atoms with Gasteiger partial charge in [-0.2, -0.15) is 0 Å². The fraction of sp³-hybridized carbons (Fsp3) is 0.294. The van der Waals surface area contributed by atoms with E-state index in [4.69, 9.17) is 4.42 Å². The first-order chi connectivity index (χ1) is 12.4. The summed E-state index contributed by atoms with van der Waals surface area (Å²) in [6.07, 6.45) is 1.46. The van der Waals surface area contributed by atoms with Crippen LogP contribution in [-0.4, -0.2) is 44.8 Å². The van der Waals surface area contributed by atoms with Crippen LogP contribution in [-0.2, 0) is 21.4 Å². The number of benzene rings is 1. The Morgan fingerprint density at radius 2 is 2.15 bits per heavy atom. The second-order valence-electron chi connectivity index (χ2n) is 5.96. The summed E-state index contributed by atoms with van der Waals surface area (Å²) in [7, 11) is -3.81. The van der Waals surface area contributed by atoms with Crippen molar-refractivity contribution in [3.8, 4) is 0 Å². The average molecular weight is 377 g/mol. The highest BCUT2D eigenvalue weighted by Crippen LogP contribution is 2.18. The number of sulfonamides is 1. The molecule has 2 heterocycles. The number of carbonyl (C=O) groups is 2. The first-order valence-electron chi connectivity index (χ1n) is 8.05. The van der Waals surface area contributed by atoms with Gasteiger partial charge in [0, 0.05) is 18.7 Å².